The molecule has 0 aliphatic carbocycles. The molecule has 0 bridgehead atoms. The molecule has 0 radical (unpaired) electrons. The Morgan fingerprint density at radius 3 is 2.83 bits per heavy atom. The molecule has 2 heterocycles. The number of hydrogen-bond donors (Lipinski definition) is 1. The van der Waals surface area contributed by atoms with Gasteiger partial charge in [0.15, 0.2) is 11.5 Å². The minimum Gasteiger partial charge on any atom is -0.497 e. The van der Waals surface area contributed by atoms with E-state index in [0.717, 1.165) is 17.0 Å². The van der Waals surface area contributed by atoms with Crippen molar-refractivity contribution in [2.45, 2.75) is 12.2 Å². The van der Waals surface area contributed by atoms with E-state index in [1.807, 2.05) is 24.3 Å². The summed E-state index contributed by atoms with van der Waals surface area (Å²) in [5.41, 5.74) is 2.44. The Labute approximate surface area is 172 Å². The number of thioether (sulfide) groups is 1. The fraction of sp³-hybridized carbons (Fsp3) is 0.238. The van der Waals surface area contributed by atoms with Gasteiger partial charge in [0.25, 0.3) is 0 Å². The lowest BCUT2D eigenvalue weighted by Crippen LogP contribution is -2.12. The first-order valence-electron chi connectivity index (χ1n) is 9.07. The predicted molar refractivity (Wildman–Crippen MR) is 110 cm³/mol. The van der Waals surface area contributed by atoms with E-state index in [1.165, 1.54) is 0 Å². The highest BCUT2D eigenvalue weighted by molar-refractivity contribution is 7.98. The van der Waals surface area contributed by atoms with Gasteiger partial charge in [-0.05, 0) is 36.4 Å². The number of amides is 1. The van der Waals surface area contributed by atoms with Crippen molar-refractivity contribution in [3.05, 3.63) is 54.4 Å². The Balaban J connectivity index is 1.21. The van der Waals surface area contributed by atoms with Crippen molar-refractivity contribution in [2.75, 3.05) is 25.0 Å². The second kappa shape index (κ2) is 8.91. The first-order chi connectivity index (χ1) is 14.2. The van der Waals surface area contributed by atoms with Crippen LogP contribution >= 0.6 is 11.8 Å². The molecule has 0 fully saturated rings. The van der Waals surface area contributed by atoms with Crippen molar-refractivity contribution in [1.29, 1.82) is 0 Å². The van der Waals surface area contributed by atoms with Gasteiger partial charge in [0.1, 0.15) is 12.0 Å². The lowest BCUT2D eigenvalue weighted by Gasteiger charge is -2.06. The van der Waals surface area contributed by atoms with E-state index in [2.05, 4.69) is 10.3 Å². The normalized spacial score (nSPS) is 12.0. The first-order valence-corrected chi connectivity index (χ1v) is 10.2. The van der Waals surface area contributed by atoms with Gasteiger partial charge in [-0.2, -0.15) is 11.8 Å². The largest absolute Gasteiger partial charge is 0.497 e. The van der Waals surface area contributed by atoms with Crippen LogP contribution in [0.5, 0.6) is 17.2 Å². The molecule has 1 N–H and O–H groups in total. The third-order valence-electron chi connectivity index (χ3n) is 4.27. The lowest BCUT2D eigenvalue weighted by molar-refractivity contribution is -0.115. The number of methoxy groups -OCH3 is 1. The zero-order chi connectivity index (χ0) is 20.1. The smallest absolute Gasteiger partial charge is 0.231 e. The second-order valence-corrected chi connectivity index (χ2v) is 7.40. The maximum absolute atomic E-state index is 12.1. The zero-order valence-corrected chi connectivity index (χ0v) is 16.7. The van der Waals surface area contributed by atoms with Crippen LogP contribution in [0.15, 0.2) is 53.1 Å². The van der Waals surface area contributed by atoms with Gasteiger partial charge in [-0.15, -0.1) is 0 Å². The van der Waals surface area contributed by atoms with Gasteiger partial charge in [0, 0.05) is 35.2 Å². The highest BCUT2D eigenvalue weighted by atomic mass is 32.2. The second-order valence-electron chi connectivity index (χ2n) is 6.29. The van der Waals surface area contributed by atoms with Crippen molar-refractivity contribution < 1.29 is 23.4 Å². The number of aromatic nitrogens is 1. The maximum Gasteiger partial charge on any atom is 0.231 e. The Morgan fingerprint density at radius 2 is 2.00 bits per heavy atom. The summed E-state index contributed by atoms with van der Waals surface area (Å²) in [4.78, 5) is 16.6. The molecule has 0 saturated carbocycles. The molecular weight excluding hydrogens is 392 g/mol. The van der Waals surface area contributed by atoms with Gasteiger partial charge >= 0.3 is 0 Å². The molecule has 1 aromatic heterocycles. The summed E-state index contributed by atoms with van der Waals surface area (Å²) < 4.78 is 21.3. The monoisotopic (exact) mass is 412 g/mol. The molecule has 1 aliphatic rings. The van der Waals surface area contributed by atoms with Crippen molar-refractivity contribution in [3.8, 4) is 28.7 Å². The number of anilines is 1. The van der Waals surface area contributed by atoms with Crippen molar-refractivity contribution in [2.24, 2.45) is 0 Å². The lowest BCUT2D eigenvalue weighted by atomic mass is 10.2. The maximum atomic E-state index is 12.1. The van der Waals surface area contributed by atoms with Crippen LogP contribution in [0.2, 0.25) is 0 Å². The molecule has 4 rings (SSSR count). The molecule has 1 amide bonds. The van der Waals surface area contributed by atoms with E-state index >= 15 is 0 Å². The Morgan fingerprint density at radius 1 is 1.17 bits per heavy atom. The van der Waals surface area contributed by atoms with Crippen molar-refractivity contribution in [1.82, 2.24) is 4.98 Å². The van der Waals surface area contributed by atoms with Crippen LogP contribution in [0.25, 0.3) is 11.5 Å². The average molecular weight is 412 g/mol. The molecule has 0 atom stereocenters. The third-order valence-corrected chi connectivity index (χ3v) is 5.26. The van der Waals surface area contributed by atoms with Gasteiger partial charge in [-0.1, -0.05) is 0 Å². The van der Waals surface area contributed by atoms with E-state index in [0.29, 0.717) is 41.0 Å². The predicted octanol–water partition coefficient (Wildman–Crippen LogP) is 4.34. The van der Waals surface area contributed by atoms with Gasteiger partial charge in [0.2, 0.25) is 18.6 Å². The molecule has 150 valence electrons. The van der Waals surface area contributed by atoms with E-state index in [1.54, 1.807) is 43.3 Å². The summed E-state index contributed by atoms with van der Waals surface area (Å²) in [5, 5.41) is 2.87. The summed E-state index contributed by atoms with van der Waals surface area (Å²) in [6.07, 6.45) is 2.06. The minimum atomic E-state index is -0.0459. The summed E-state index contributed by atoms with van der Waals surface area (Å²) >= 11 is 1.63. The molecule has 7 nitrogen and oxygen atoms in total. The Kier molecular flexibility index (Phi) is 5.90. The highest BCUT2D eigenvalue weighted by Gasteiger charge is 2.14. The number of oxazole rings is 1. The number of fused-ring (bicyclic) bond motifs is 1. The Bertz CT molecular complexity index is 987. The van der Waals surface area contributed by atoms with Crippen LogP contribution in [0.3, 0.4) is 0 Å². The number of rotatable bonds is 8. The van der Waals surface area contributed by atoms with E-state index in [-0.39, 0.29) is 12.7 Å². The van der Waals surface area contributed by atoms with Gasteiger partial charge in [0.05, 0.1) is 12.8 Å². The summed E-state index contributed by atoms with van der Waals surface area (Å²) in [5.74, 6) is 4.02. The van der Waals surface area contributed by atoms with Crippen molar-refractivity contribution >= 4 is 23.4 Å². The average Bonchev–Trinajstić information content (AvgIpc) is 3.40. The number of hydrogen-bond acceptors (Lipinski definition) is 7. The van der Waals surface area contributed by atoms with E-state index < -0.39 is 0 Å². The SMILES string of the molecule is COc1ccc(-c2nc(CSCCC(=O)Nc3ccc4c(c3)OCO4)co2)cc1. The topological polar surface area (TPSA) is 82.8 Å². The van der Waals surface area contributed by atoms with Gasteiger partial charge in [-0.25, -0.2) is 4.98 Å². The van der Waals surface area contributed by atoms with E-state index in [9.17, 15) is 4.79 Å². The highest BCUT2D eigenvalue weighted by Crippen LogP contribution is 2.34. The van der Waals surface area contributed by atoms with Crippen LogP contribution in [0, 0.1) is 0 Å². The first kappa shape index (κ1) is 19.2. The number of carbonyl (C=O) groups is 1. The van der Waals surface area contributed by atoms with Crippen LogP contribution in [-0.2, 0) is 10.5 Å². The standard InChI is InChI=1S/C21H20N2O5S/c1-25-17-5-2-14(3-6-17)21-23-16(11-26-21)12-29-9-8-20(24)22-15-4-7-18-19(10-15)28-13-27-18/h2-7,10-11H,8-9,12-13H2,1H3,(H,22,24). The summed E-state index contributed by atoms with van der Waals surface area (Å²) in [6.45, 7) is 0.214. The third kappa shape index (κ3) is 4.83. The summed E-state index contributed by atoms with van der Waals surface area (Å²) in [6, 6.07) is 12.9. The number of ether oxygens (including phenoxy) is 3. The fourth-order valence-corrected chi connectivity index (χ4v) is 3.59. The van der Waals surface area contributed by atoms with Crippen molar-refractivity contribution in [3.63, 3.8) is 0 Å². The number of nitrogens with one attached hydrogen (secondary N) is 1. The quantitative estimate of drug-likeness (QED) is 0.551. The molecular formula is C21H20N2O5S. The van der Waals surface area contributed by atoms with Crippen LogP contribution in [0.4, 0.5) is 5.69 Å². The minimum absolute atomic E-state index is 0.0459. The van der Waals surface area contributed by atoms with Crippen LogP contribution < -0.4 is 19.5 Å². The van der Waals surface area contributed by atoms with Crippen LogP contribution in [-0.4, -0.2) is 30.5 Å². The molecule has 29 heavy (non-hydrogen) atoms. The molecule has 0 saturated heterocycles. The molecule has 1 aliphatic heterocycles. The molecule has 0 unspecified atom stereocenters. The fourth-order valence-electron chi connectivity index (χ4n) is 2.78. The van der Waals surface area contributed by atoms with Gasteiger partial charge < -0.3 is 23.9 Å². The molecule has 8 heteroatoms. The zero-order valence-electron chi connectivity index (χ0n) is 15.8. The number of carbonyl (C=O) groups excluding carboxylic acids is 1. The summed E-state index contributed by atoms with van der Waals surface area (Å²) in [7, 11) is 1.63. The molecule has 0 spiro atoms. The number of nitrogens with zero attached hydrogens (tertiary/aromatic N) is 1. The van der Waals surface area contributed by atoms with E-state index in [4.69, 9.17) is 18.6 Å². The van der Waals surface area contributed by atoms with Crippen LogP contribution in [0.1, 0.15) is 12.1 Å². The Hall–Kier alpha value is -3.13. The number of benzene rings is 2. The molecule has 3 aromatic rings. The van der Waals surface area contributed by atoms with Gasteiger partial charge in [-0.3, -0.25) is 4.79 Å². The molecule has 2 aromatic carbocycles.